The Balaban J connectivity index is 1.37. The van der Waals surface area contributed by atoms with Gasteiger partial charge in [-0.15, -0.1) is 0 Å². The van der Waals surface area contributed by atoms with Gasteiger partial charge in [0.05, 0.1) is 17.4 Å². The summed E-state index contributed by atoms with van der Waals surface area (Å²) in [6, 6.07) is 20.9. The molecule has 0 aliphatic rings. The number of fused-ring (bicyclic) bond motifs is 2. The summed E-state index contributed by atoms with van der Waals surface area (Å²) in [6.45, 7) is -0.337. The van der Waals surface area contributed by atoms with E-state index < -0.39 is 5.97 Å². The maximum atomic E-state index is 12.2. The minimum atomic E-state index is -0.494. The molecule has 3 aromatic carbocycles. The van der Waals surface area contributed by atoms with Crippen LogP contribution in [0.1, 0.15) is 0 Å². The normalized spacial score (nSPS) is 10.8. The molecule has 0 fully saturated rings. The highest BCUT2D eigenvalue weighted by Gasteiger charge is 2.11. The van der Waals surface area contributed by atoms with Crippen LogP contribution in [-0.2, 0) is 20.9 Å². The molecule has 4 aromatic rings. The van der Waals surface area contributed by atoms with E-state index in [0.717, 1.165) is 21.8 Å². The fourth-order valence-corrected chi connectivity index (χ4v) is 2.99. The number of carbonyl (C=O) groups is 2. The summed E-state index contributed by atoms with van der Waals surface area (Å²) in [5.74, 6) is -0.874. The average molecular weight is 359 g/mol. The lowest BCUT2D eigenvalue weighted by molar-refractivity contribution is -0.147. The number of ether oxygens (including phenoxy) is 1. The first kappa shape index (κ1) is 16.8. The average Bonchev–Trinajstić information content (AvgIpc) is 3.10. The molecule has 0 aliphatic heterocycles. The summed E-state index contributed by atoms with van der Waals surface area (Å²) in [4.78, 5) is 28.5. The molecule has 6 heteroatoms. The second-order valence-corrected chi connectivity index (χ2v) is 6.10. The number of esters is 1. The second kappa shape index (κ2) is 7.29. The van der Waals surface area contributed by atoms with Gasteiger partial charge in [0.1, 0.15) is 6.54 Å². The lowest BCUT2D eigenvalue weighted by atomic mass is 10.1. The van der Waals surface area contributed by atoms with Crippen molar-refractivity contribution in [1.29, 1.82) is 0 Å². The van der Waals surface area contributed by atoms with E-state index in [-0.39, 0.29) is 19.1 Å². The Bertz CT molecular complexity index is 1130. The van der Waals surface area contributed by atoms with Gasteiger partial charge in [0, 0.05) is 11.1 Å². The number of hydrogen-bond acceptors (Lipinski definition) is 4. The smallest absolute Gasteiger partial charge is 0.326 e. The number of benzene rings is 3. The van der Waals surface area contributed by atoms with Gasteiger partial charge < -0.3 is 14.6 Å². The van der Waals surface area contributed by atoms with E-state index in [1.807, 2.05) is 66.7 Å². The summed E-state index contributed by atoms with van der Waals surface area (Å²) in [7, 11) is 0. The number of para-hydroxylation sites is 2. The summed E-state index contributed by atoms with van der Waals surface area (Å²) < 4.78 is 6.81. The van der Waals surface area contributed by atoms with E-state index in [1.54, 1.807) is 10.9 Å². The summed E-state index contributed by atoms with van der Waals surface area (Å²) in [6.07, 6.45) is 1.59. The van der Waals surface area contributed by atoms with Crippen molar-refractivity contribution in [2.24, 2.45) is 0 Å². The number of aromatic nitrogens is 2. The molecule has 1 amide bonds. The van der Waals surface area contributed by atoms with Crippen LogP contribution in [0.3, 0.4) is 0 Å². The van der Waals surface area contributed by atoms with E-state index in [9.17, 15) is 9.59 Å². The molecule has 0 bridgehead atoms. The van der Waals surface area contributed by atoms with Crippen molar-refractivity contribution >= 4 is 39.4 Å². The van der Waals surface area contributed by atoms with Crippen LogP contribution in [-0.4, -0.2) is 28.0 Å². The Labute approximate surface area is 155 Å². The van der Waals surface area contributed by atoms with E-state index in [2.05, 4.69) is 10.3 Å². The zero-order valence-electron chi connectivity index (χ0n) is 14.5. The van der Waals surface area contributed by atoms with Crippen molar-refractivity contribution in [3.63, 3.8) is 0 Å². The van der Waals surface area contributed by atoms with Crippen molar-refractivity contribution in [3.05, 3.63) is 73.1 Å². The molecule has 6 nitrogen and oxygen atoms in total. The lowest BCUT2D eigenvalue weighted by Gasteiger charge is -2.09. The molecule has 134 valence electrons. The molecule has 1 N–H and O–H groups in total. The number of amides is 1. The lowest BCUT2D eigenvalue weighted by Crippen LogP contribution is -2.22. The predicted molar refractivity (Wildman–Crippen MR) is 103 cm³/mol. The summed E-state index contributed by atoms with van der Waals surface area (Å²) in [5.41, 5.74) is 2.34. The predicted octanol–water partition coefficient (Wildman–Crippen LogP) is 3.37. The third kappa shape index (κ3) is 3.64. The molecular weight excluding hydrogens is 342 g/mol. The van der Waals surface area contributed by atoms with Gasteiger partial charge in [-0.3, -0.25) is 9.59 Å². The maximum Gasteiger partial charge on any atom is 0.326 e. The van der Waals surface area contributed by atoms with Crippen LogP contribution in [0.15, 0.2) is 73.1 Å². The molecule has 27 heavy (non-hydrogen) atoms. The summed E-state index contributed by atoms with van der Waals surface area (Å²) >= 11 is 0. The van der Waals surface area contributed by atoms with Gasteiger partial charge in [-0.2, -0.15) is 0 Å². The van der Waals surface area contributed by atoms with Crippen LogP contribution in [0.4, 0.5) is 5.69 Å². The fraction of sp³-hybridized carbons (Fsp3) is 0.0952. The number of nitrogens with zero attached hydrogens (tertiary/aromatic N) is 2. The topological polar surface area (TPSA) is 73.2 Å². The Hall–Kier alpha value is -3.67. The molecule has 4 rings (SSSR count). The van der Waals surface area contributed by atoms with Gasteiger partial charge in [0.15, 0.2) is 6.61 Å². The van der Waals surface area contributed by atoms with E-state index in [1.165, 1.54) is 0 Å². The van der Waals surface area contributed by atoms with E-state index in [4.69, 9.17) is 4.74 Å². The molecule has 0 unspecified atom stereocenters. The Morgan fingerprint density at radius 2 is 1.74 bits per heavy atom. The van der Waals surface area contributed by atoms with Crippen molar-refractivity contribution in [2.75, 3.05) is 11.9 Å². The van der Waals surface area contributed by atoms with Gasteiger partial charge >= 0.3 is 5.97 Å². The van der Waals surface area contributed by atoms with Crippen LogP contribution < -0.4 is 5.32 Å². The zero-order valence-corrected chi connectivity index (χ0v) is 14.5. The number of hydrogen-bond donors (Lipinski definition) is 1. The largest absolute Gasteiger partial charge is 0.454 e. The molecule has 1 aromatic heterocycles. The number of carbonyl (C=O) groups excluding carboxylic acids is 2. The van der Waals surface area contributed by atoms with E-state index >= 15 is 0 Å². The zero-order chi connectivity index (χ0) is 18.6. The molecule has 0 saturated heterocycles. The van der Waals surface area contributed by atoms with Gasteiger partial charge in [-0.1, -0.05) is 48.5 Å². The molecular formula is C21H17N3O3. The maximum absolute atomic E-state index is 12.2. The molecule has 1 heterocycles. The number of nitrogens with one attached hydrogen (secondary N) is 1. The fourth-order valence-electron chi connectivity index (χ4n) is 2.99. The van der Waals surface area contributed by atoms with Crippen LogP contribution in [0.25, 0.3) is 21.8 Å². The molecule has 0 saturated carbocycles. The minimum absolute atomic E-state index is 0.00204. The van der Waals surface area contributed by atoms with Gasteiger partial charge in [-0.25, -0.2) is 4.98 Å². The molecule has 0 radical (unpaired) electrons. The number of anilines is 1. The van der Waals surface area contributed by atoms with Crippen molar-refractivity contribution in [3.8, 4) is 0 Å². The Kier molecular flexibility index (Phi) is 4.53. The first-order valence-corrected chi connectivity index (χ1v) is 8.54. The van der Waals surface area contributed by atoms with Crippen LogP contribution in [0, 0.1) is 0 Å². The van der Waals surface area contributed by atoms with Gasteiger partial charge in [0.25, 0.3) is 5.91 Å². The molecule has 0 aliphatic carbocycles. The highest BCUT2D eigenvalue weighted by molar-refractivity contribution is 6.02. The Morgan fingerprint density at radius 1 is 0.963 bits per heavy atom. The highest BCUT2D eigenvalue weighted by Crippen LogP contribution is 2.22. The van der Waals surface area contributed by atoms with Crippen molar-refractivity contribution < 1.29 is 14.3 Å². The first-order chi connectivity index (χ1) is 13.2. The van der Waals surface area contributed by atoms with Gasteiger partial charge in [-0.05, 0) is 23.6 Å². The van der Waals surface area contributed by atoms with Crippen molar-refractivity contribution in [1.82, 2.24) is 9.55 Å². The standard InChI is InChI=1S/C21H17N3O3/c25-20(23-17-10-5-7-15-6-1-2-8-16(15)17)13-27-21(26)12-24-14-22-18-9-3-4-11-19(18)24/h1-11,14H,12-13H2,(H,23,25). The second-order valence-electron chi connectivity index (χ2n) is 6.10. The van der Waals surface area contributed by atoms with Crippen LogP contribution in [0.2, 0.25) is 0 Å². The third-order valence-corrected chi connectivity index (χ3v) is 4.25. The molecule has 0 atom stereocenters. The SMILES string of the molecule is O=C(COC(=O)Cn1cnc2ccccc21)Nc1cccc2ccccc12. The number of rotatable bonds is 5. The van der Waals surface area contributed by atoms with Gasteiger partial charge in [0.2, 0.25) is 0 Å². The monoisotopic (exact) mass is 359 g/mol. The molecule has 0 spiro atoms. The van der Waals surface area contributed by atoms with E-state index in [0.29, 0.717) is 5.69 Å². The minimum Gasteiger partial charge on any atom is -0.454 e. The van der Waals surface area contributed by atoms with Crippen LogP contribution in [0.5, 0.6) is 0 Å². The van der Waals surface area contributed by atoms with Crippen LogP contribution >= 0.6 is 0 Å². The van der Waals surface area contributed by atoms with Crippen molar-refractivity contribution in [2.45, 2.75) is 6.54 Å². The first-order valence-electron chi connectivity index (χ1n) is 8.54. The third-order valence-electron chi connectivity index (χ3n) is 4.25. The quantitative estimate of drug-likeness (QED) is 0.555. The highest BCUT2D eigenvalue weighted by atomic mass is 16.5. The number of imidazole rings is 1. The Morgan fingerprint density at radius 3 is 2.67 bits per heavy atom. The summed E-state index contributed by atoms with van der Waals surface area (Å²) in [5, 5.41) is 4.76.